The number of rotatable bonds is 7. The molecule has 2 aromatic carbocycles. The van der Waals surface area contributed by atoms with E-state index in [0.29, 0.717) is 23.7 Å². The van der Waals surface area contributed by atoms with E-state index in [1.54, 1.807) is 24.3 Å². The van der Waals surface area contributed by atoms with Crippen LogP contribution in [0.15, 0.2) is 48.5 Å². The van der Waals surface area contributed by atoms with Crippen molar-refractivity contribution in [3.05, 3.63) is 64.7 Å². The second-order valence-electron chi connectivity index (χ2n) is 5.19. The van der Waals surface area contributed by atoms with Gasteiger partial charge in [0.25, 0.3) is 0 Å². The van der Waals surface area contributed by atoms with E-state index in [4.69, 9.17) is 21.4 Å². The van der Waals surface area contributed by atoms with Gasteiger partial charge in [-0.1, -0.05) is 29.8 Å². The van der Waals surface area contributed by atoms with Gasteiger partial charge in [0.05, 0.1) is 19.1 Å². The number of hydrogen-bond acceptors (Lipinski definition) is 4. The molecule has 0 aliphatic carbocycles. The van der Waals surface area contributed by atoms with Gasteiger partial charge in [0, 0.05) is 23.8 Å². The molecule has 24 heavy (non-hydrogen) atoms. The van der Waals surface area contributed by atoms with E-state index in [1.807, 2.05) is 29.2 Å². The summed E-state index contributed by atoms with van der Waals surface area (Å²) in [5.41, 5.74) is 2.07. The van der Waals surface area contributed by atoms with Crippen molar-refractivity contribution in [1.29, 1.82) is 0 Å². The highest BCUT2D eigenvalue weighted by atomic mass is 35.5. The maximum atomic E-state index is 11.9. The Bertz CT molecular complexity index is 715. The van der Waals surface area contributed by atoms with Crippen molar-refractivity contribution in [2.24, 2.45) is 0 Å². The molecule has 0 unspecified atom stereocenters. The standard InChI is InChI=1S/C18H18ClNO4/c1-24-18(23)16-5-3-2-4-13(16)12-20(11-10-17(21)22)15-8-6-14(19)7-9-15/h2-9H,10-12H2,1H3,(H,21,22). The van der Waals surface area contributed by atoms with Gasteiger partial charge in [0.2, 0.25) is 0 Å². The maximum absolute atomic E-state index is 11.9. The zero-order chi connectivity index (χ0) is 17.5. The van der Waals surface area contributed by atoms with Gasteiger partial charge in [-0.25, -0.2) is 4.79 Å². The molecule has 0 saturated carbocycles. The normalized spacial score (nSPS) is 10.2. The highest BCUT2D eigenvalue weighted by Gasteiger charge is 2.15. The largest absolute Gasteiger partial charge is 0.481 e. The van der Waals surface area contributed by atoms with Crippen LogP contribution >= 0.6 is 11.6 Å². The molecule has 0 spiro atoms. The summed E-state index contributed by atoms with van der Waals surface area (Å²) in [6, 6.07) is 14.3. The molecule has 126 valence electrons. The Morgan fingerprint density at radius 2 is 1.79 bits per heavy atom. The zero-order valence-electron chi connectivity index (χ0n) is 13.2. The fraction of sp³-hybridized carbons (Fsp3) is 0.222. The molecular formula is C18H18ClNO4. The Balaban J connectivity index is 2.30. The van der Waals surface area contributed by atoms with E-state index in [2.05, 4.69) is 0 Å². The van der Waals surface area contributed by atoms with Crippen molar-refractivity contribution in [1.82, 2.24) is 0 Å². The molecule has 0 fully saturated rings. The van der Waals surface area contributed by atoms with Gasteiger partial charge in [0.15, 0.2) is 0 Å². The molecule has 0 aliphatic heterocycles. The topological polar surface area (TPSA) is 66.8 Å². The van der Waals surface area contributed by atoms with Gasteiger partial charge in [-0.15, -0.1) is 0 Å². The molecule has 0 aromatic heterocycles. The van der Waals surface area contributed by atoms with Crippen LogP contribution in [0.3, 0.4) is 0 Å². The lowest BCUT2D eigenvalue weighted by molar-refractivity contribution is -0.136. The van der Waals surface area contributed by atoms with Crippen LogP contribution in [0, 0.1) is 0 Å². The highest BCUT2D eigenvalue weighted by Crippen LogP contribution is 2.22. The summed E-state index contributed by atoms with van der Waals surface area (Å²) in [7, 11) is 1.33. The summed E-state index contributed by atoms with van der Waals surface area (Å²) in [5.74, 6) is -1.30. The number of nitrogens with zero attached hydrogens (tertiary/aromatic N) is 1. The monoisotopic (exact) mass is 347 g/mol. The van der Waals surface area contributed by atoms with Crippen LogP contribution in [0.25, 0.3) is 0 Å². The van der Waals surface area contributed by atoms with Crippen molar-refractivity contribution in [2.75, 3.05) is 18.6 Å². The minimum absolute atomic E-state index is 0.0109. The highest BCUT2D eigenvalue weighted by molar-refractivity contribution is 6.30. The lowest BCUT2D eigenvalue weighted by Gasteiger charge is -2.25. The number of carbonyl (C=O) groups is 2. The van der Waals surface area contributed by atoms with Crippen molar-refractivity contribution >= 4 is 29.2 Å². The Morgan fingerprint density at radius 3 is 2.42 bits per heavy atom. The Labute approximate surface area is 145 Å². The van der Waals surface area contributed by atoms with Crippen LogP contribution < -0.4 is 4.90 Å². The smallest absolute Gasteiger partial charge is 0.338 e. The predicted octanol–water partition coefficient (Wildman–Crippen LogP) is 3.61. The molecule has 0 heterocycles. The van der Waals surface area contributed by atoms with Crippen LogP contribution in [-0.4, -0.2) is 30.7 Å². The Kier molecular flexibility index (Phi) is 6.21. The third kappa shape index (κ3) is 4.73. The van der Waals surface area contributed by atoms with Gasteiger partial charge in [0.1, 0.15) is 0 Å². The predicted molar refractivity (Wildman–Crippen MR) is 92.5 cm³/mol. The number of anilines is 1. The third-order valence-electron chi connectivity index (χ3n) is 3.57. The van der Waals surface area contributed by atoms with E-state index in [9.17, 15) is 9.59 Å². The number of aliphatic carboxylic acids is 1. The van der Waals surface area contributed by atoms with Crippen LogP contribution in [0.1, 0.15) is 22.3 Å². The number of methoxy groups -OCH3 is 1. The molecule has 0 bridgehead atoms. The SMILES string of the molecule is COC(=O)c1ccccc1CN(CCC(=O)O)c1ccc(Cl)cc1. The van der Waals surface area contributed by atoms with Crippen LogP contribution in [-0.2, 0) is 16.1 Å². The number of hydrogen-bond donors (Lipinski definition) is 1. The number of carbonyl (C=O) groups excluding carboxylic acids is 1. The fourth-order valence-electron chi connectivity index (χ4n) is 2.35. The summed E-state index contributed by atoms with van der Waals surface area (Å²) < 4.78 is 4.81. The lowest BCUT2D eigenvalue weighted by Crippen LogP contribution is -2.26. The van der Waals surface area contributed by atoms with Gasteiger partial charge in [-0.2, -0.15) is 0 Å². The second kappa shape index (κ2) is 8.36. The van der Waals surface area contributed by atoms with Crippen molar-refractivity contribution < 1.29 is 19.4 Å². The van der Waals surface area contributed by atoms with Crippen LogP contribution in [0.2, 0.25) is 5.02 Å². The summed E-state index contributed by atoms with van der Waals surface area (Å²) in [6.07, 6.45) is -0.0109. The average Bonchev–Trinajstić information content (AvgIpc) is 2.59. The molecule has 1 N–H and O–H groups in total. The van der Waals surface area contributed by atoms with Crippen molar-refractivity contribution in [2.45, 2.75) is 13.0 Å². The number of ether oxygens (including phenoxy) is 1. The van der Waals surface area contributed by atoms with Gasteiger partial charge in [-0.05, 0) is 35.9 Å². The first-order valence-electron chi connectivity index (χ1n) is 7.40. The lowest BCUT2D eigenvalue weighted by atomic mass is 10.1. The number of esters is 1. The second-order valence-corrected chi connectivity index (χ2v) is 5.63. The van der Waals surface area contributed by atoms with Crippen LogP contribution in [0.4, 0.5) is 5.69 Å². The van der Waals surface area contributed by atoms with Gasteiger partial charge < -0.3 is 14.7 Å². The number of carboxylic acid groups (broad SMARTS) is 1. The van der Waals surface area contributed by atoms with E-state index in [-0.39, 0.29) is 6.42 Å². The van der Waals surface area contributed by atoms with Gasteiger partial charge in [-0.3, -0.25) is 4.79 Å². The summed E-state index contributed by atoms with van der Waals surface area (Å²) in [4.78, 5) is 24.7. The van der Waals surface area contributed by atoms with E-state index >= 15 is 0 Å². The molecule has 6 heteroatoms. The first-order valence-corrected chi connectivity index (χ1v) is 7.77. The van der Waals surface area contributed by atoms with E-state index in [1.165, 1.54) is 7.11 Å². The molecule has 0 amide bonds. The molecular weight excluding hydrogens is 330 g/mol. The first-order chi connectivity index (χ1) is 11.5. The fourth-order valence-corrected chi connectivity index (χ4v) is 2.48. The average molecular weight is 348 g/mol. The third-order valence-corrected chi connectivity index (χ3v) is 3.82. The molecule has 5 nitrogen and oxygen atoms in total. The quantitative estimate of drug-likeness (QED) is 0.775. The Morgan fingerprint density at radius 1 is 1.12 bits per heavy atom. The number of benzene rings is 2. The summed E-state index contributed by atoms with van der Waals surface area (Å²) in [6.45, 7) is 0.701. The van der Waals surface area contributed by atoms with E-state index in [0.717, 1.165) is 11.3 Å². The Hall–Kier alpha value is -2.53. The molecule has 2 aromatic rings. The summed E-state index contributed by atoms with van der Waals surface area (Å²) >= 11 is 5.92. The summed E-state index contributed by atoms with van der Waals surface area (Å²) in [5, 5.41) is 9.58. The van der Waals surface area contributed by atoms with Crippen LogP contribution in [0.5, 0.6) is 0 Å². The first kappa shape index (κ1) is 17.8. The van der Waals surface area contributed by atoms with Crippen molar-refractivity contribution in [3.63, 3.8) is 0 Å². The minimum Gasteiger partial charge on any atom is -0.481 e. The molecule has 0 saturated heterocycles. The number of halogens is 1. The van der Waals surface area contributed by atoms with Gasteiger partial charge >= 0.3 is 11.9 Å². The number of carboxylic acids is 1. The molecule has 2 rings (SSSR count). The van der Waals surface area contributed by atoms with E-state index < -0.39 is 11.9 Å². The molecule has 0 radical (unpaired) electrons. The minimum atomic E-state index is -0.879. The zero-order valence-corrected chi connectivity index (χ0v) is 14.0. The molecule has 0 atom stereocenters. The maximum Gasteiger partial charge on any atom is 0.338 e. The molecule has 0 aliphatic rings. The van der Waals surface area contributed by atoms with Crippen molar-refractivity contribution in [3.8, 4) is 0 Å².